The number of hydrogen-bond acceptors (Lipinski definition) is 3. The molecule has 2 heterocycles. The van der Waals surface area contributed by atoms with Crippen LogP contribution in [-0.4, -0.2) is 30.6 Å². The molecule has 4 rings (SSSR count). The average molecular weight is 380 g/mol. The minimum Gasteiger partial charge on any atom is -0.486 e. The molecule has 1 aromatic heterocycles. The summed E-state index contributed by atoms with van der Waals surface area (Å²) in [5.41, 5.74) is 3.61. The third kappa shape index (κ3) is 3.86. The minimum absolute atomic E-state index is 0.168. The number of ether oxygens (including phenoxy) is 2. The van der Waals surface area contributed by atoms with Crippen molar-refractivity contribution in [2.45, 2.75) is 13.3 Å². The normalized spacial score (nSPS) is 13.6. The maximum absolute atomic E-state index is 13.4. The van der Waals surface area contributed by atoms with Gasteiger partial charge in [-0.1, -0.05) is 6.07 Å². The molecule has 0 fully saturated rings. The number of amides is 1. The van der Waals surface area contributed by atoms with E-state index < -0.39 is 0 Å². The number of aromatic nitrogens is 1. The van der Waals surface area contributed by atoms with E-state index in [0.717, 1.165) is 33.4 Å². The number of H-pyrrole nitrogens is 1. The van der Waals surface area contributed by atoms with Gasteiger partial charge < -0.3 is 19.8 Å². The zero-order valence-corrected chi connectivity index (χ0v) is 15.5. The van der Waals surface area contributed by atoms with E-state index in [1.165, 1.54) is 12.1 Å². The summed E-state index contributed by atoms with van der Waals surface area (Å²) in [4.78, 5) is 15.4. The average Bonchev–Trinajstić information content (AvgIpc) is 3.09. The van der Waals surface area contributed by atoms with Gasteiger partial charge in [-0.05, 0) is 60.4 Å². The molecule has 1 aliphatic rings. The number of carbonyl (C=O) groups excluding carboxylic acids is 1. The standard InChI is InChI=1S/C22H21FN2O3/c1-14(15-2-5-20-21(11-15)28-9-8-27-20)10-22(26)24-7-6-16-13-25-19-4-3-17(23)12-18(16)19/h2-5,10-13,25H,6-9H2,1H3,(H,24,26). The Morgan fingerprint density at radius 3 is 2.86 bits per heavy atom. The first-order chi connectivity index (χ1) is 13.6. The maximum Gasteiger partial charge on any atom is 0.244 e. The van der Waals surface area contributed by atoms with Gasteiger partial charge >= 0.3 is 0 Å². The van der Waals surface area contributed by atoms with E-state index in [1.54, 1.807) is 12.1 Å². The fourth-order valence-electron chi connectivity index (χ4n) is 3.30. The molecule has 1 amide bonds. The topological polar surface area (TPSA) is 63.4 Å². The quantitative estimate of drug-likeness (QED) is 0.661. The molecular formula is C22H21FN2O3. The number of nitrogens with one attached hydrogen (secondary N) is 2. The third-order valence-corrected chi connectivity index (χ3v) is 4.77. The lowest BCUT2D eigenvalue weighted by molar-refractivity contribution is -0.116. The second kappa shape index (κ2) is 7.76. The van der Waals surface area contributed by atoms with Crippen LogP contribution >= 0.6 is 0 Å². The highest BCUT2D eigenvalue weighted by Gasteiger charge is 2.12. The Balaban J connectivity index is 1.37. The molecule has 0 aliphatic carbocycles. The molecular weight excluding hydrogens is 359 g/mol. The molecule has 0 saturated heterocycles. The van der Waals surface area contributed by atoms with E-state index in [0.29, 0.717) is 31.9 Å². The monoisotopic (exact) mass is 380 g/mol. The van der Waals surface area contributed by atoms with Gasteiger partial charge in [0.25, 0.3) is 0 Å². The third-order valence-electron chi connectivity index (χ3n) is 4.77. The predicted octanol–water partition coefficient (Wildman–Crippen LogP) is 3.84. The molecule has 3 aromatic rings. The van der Waals surface area contributed by atoms with Crippen LogP contribution < -0.4 is 14.8 Å². The molecule has 5 nitrogen and oxygen atoms in total. The van der Waals surface area contributed by atoms with Crippen LogP contribution in [0, 0.1) is 5.82 Å². The van der Waals surface area contributed by atoms with Crippen molar-refractivity contribution in [3.8, 4) is 11.5 Å². The molecule has 0 atom stereocenters. The first-order valence-corrected chi connectivity index (χ1v) is 9.22. The number of fused-ring (bicyclic) bond motifs is 2. The molecule has 0 radical (unpaired) electrons. The predicted molar refractivity (Wildman–Crippen MR) is 106 cm³/mol. The summed E-state index contributed by atoms with van der Waals surface area (Å²) in [7, 11) is 0. The van der Waals surface area contributed by atoms with Crippen LogP contribution in [0.2, 0.25) is 0 Å². The fraction of sp³-hybridized carbons (Fsp3) is 0.227. The lowest BCUT2D eigenvalue weighted by atomic mass is 10.1. The van der Waals surface area contributed by atoms with E-state index in [2.05, 4.69) is 10.3 Å². The van der Waals surface area contributed by atoms with Gasteiger partial charge in [0.1, 0.15) is 19.0 Å². The van der Waals surface area contributed by atoms with Crippen molar-refractivity contribution in [1.29, 1.82) is 0 Å². The van der Waals surface area contributed by atoms with Crippen LogP contribution in [0.15, 0.2) is 48.7 Å². The molecule has 2 N–H and O–H groups in total. The van der Waals surface area contributed by atoms with Crippen molar-refractivity contribution < 1.29 is 18.7 Å². The Hall–Kier alpha value is -3.28. The van der Waals surface area contributed by atoms with Crippen LogP contribution in [0.25, 0.3) is 16.5 Å². The molecule has 28 heavy (non-hydrogen) atoms. The summed E-state index contributed by atoms with van der Waals surface area (Å²) >= 11 is 0. The summed E-state index contributed by atoms with van der Waals surface area (Å²) in [6.45, 7) is 3.42. The van der Waals surface area contributed by atoms with Crippen molar-refractivity contribution in [3.63, 3.8) is 0 Å². The van der Waals surface area contributed by atoms with Crippen LogP contribution in [0.5, 0.6) is 11.5 Å². The second-order valence-electron chi connectivity index (χ2n) is 6.73. The lowest BCUT2D eigenvalue weighted by Crippen LogP contribution is -2.23. The largest absolute Gasteiger partial charge is 0.486 e. The van der Waals surface area contributed by atoms with Crippen LogP contribution in [0.1, 0.15) is 18.1 Å². The van der Waals surface area contributed by atoms with Crippen molar-refractivity contribution in [1.82, 2.24) is 10.3 Å². The zero-order chi connectivity index (χ0) is 19.5. The molecule has 0 spiro atoms. The van der Waals surface area contributed by atoms with Crippen molar-refractivity contribution >= 4 is 22.4 Å². The highest BCUT2D eigenvalue weighted by molar-refractivity contribution is 5.95. The van der Waals surface area contributed by atoms with Crippen LogP contribution in [-0.2, 0) is 11.2 Å². The molecule has 0 saturated carbocycles. The summed E-state index contributed by atoms with van der Waals surface area (Å²) < 4.78 is 24.5. The summed E-state index contributed by atoms with van der Waals surface area (Å²) in [5.74, 6) is 0.986. The Labute approximate surface area is 162 Å². The Morgan fingerprint density at radius 2 is 2.00 bits per heavy atom. The van der Waals surface area contributed by atoms with E-state index in [9.17, 15) is 9.18 Å². The number of rotatable bonds is 5. The summed E-state index contributed by atoms with van der Waals surface area (Å²) in [5, 5.41) is 3.73. The van der Waals surface area contributed by atoms with E-state index in [4.69, 9.17) is 9.47 Å². The number of halogens is 1. The Morgan fingerprint density at radius 1 is 1.18 bits per heavy atom. The van der Waals surface area contributed by atoms with E-state index in [-0.39, 0.29) is 11.7 Å². The SMILES string of the molecule is CC(=CC(=O)NCCc1c[nH]c2ccc(F)cc12)c1ccc2c(c1)OCCO2. The molecule has 144 valence electrons. The van der Waals surface area contributed by atoms with Gasteiger partial charge in [0.15, 0.2) is 11.5 Å². The molecule has 1 aliphatic heterocycles. The van der Waals surface area contributed by atoms with Gasteiger partial charge in [0, 0.05) is 29.7 Å². The molecule has 0 bridgehead atoms. The van der Waals surface area contributed by atoms with Crippen molar-refractivity contribution in [2.75, 3.05) is 19.8 Å². The zero-order valence-electron chi connectivity index (χ0n) is 15.5. The summed E-state index contributed by atoms with van der Waals surface area (Å²) in [6, 6.07) is 10.3. The molecule has 6 heteroatoms. The fourth-order valence-corrected chi connectivity index (χ4v) is 3.30. The first kappa shape index (κ1) is 18.1. The smallest absolute Gasteiger partial charge is 0.244 e. The van der Waals surface area contributed by atoms with E-state index >= 15 is 0 Å². The summed E-state index contributed by atoms with van der Waals surface area (Å²) in [6.07, 6.45) is 4.04. The van der Waals surface area contributed by atoms with Gasteiger partial charge in [-0.3, -0.25) is 4.79 Å². The van der Waals surface area contributed by atoms with Crippen LogP contribution in [0.4, 0.5) is 4.39 Å². The van der Waals surface area contributed by atoms with Gasteiger partial charge in [-0.25, -0.2) is 4.39 Å². The number of hydrogen-bond donors (Lipinski definition) is 2. The van der Waals surface area contributed by atoms with Gasteiger partial charge in [-0.2, -0.15) is 0 Å². The minimum atomic E-state index is -0.268. The first-order valence-electron chi connectivity index (χ1n) is 9.22. The maximum atomic E-state index is 13.4. The highest BCUT2D eigenvalue weighted by Crippen LogP contribution is 2.32. The Kier molecular flexibility index (Phi) is 5.02. The van der Waals surface area contributed by atoms with E-state index in [1.807, 2.05) is 31.3 Å². The van der Waals surface area contributed by atoms with Crippen LogP contribution in [0.3, 0.4) is 0 Å². The molecule has 0 unspecified atom stereocenters. The second-order valence-corrected chi connectivity index (χ2v) is 6.73. The van der Waals surface area contributed by atoms with Gasteiger partial charge in [-0.15, -0.1) is 0 Å². The Bertz CT molecular complexity index is 1060. The van der Waals surface area contributed by atoms with Crippen molar-refractivity contribution in [3.05, 3.63) is 65.6 Å². The molecule has 2 aromatic carbocycles. The number of carbonyl (C=O) groups is 1. The number of allylic oxidation sites excluding steroid dienone is 1. The number of aromatic amines is 1. The lowest BCUT2D eigenvalue weighted by Gasteiger charge is -2.19. The highest BCUT2D eigenvalue weighted by atomic mass is 19.1. The van der Waals surface area contributed by atoms with Gasteiger partial charge in [0.05, 0.1) is 0 Å². The number of benzene rings is 2. The van der Waals surface area contributed by atoms with Gasteiger partial charge in [0.2, 0.25) is 5.91 Å². The van der Waals surface area contributed by atoms with Crippen molar-refractivity contribution in [2.24, 2.45) is 0 Å².